The van der Waals surface area contributed by atoms with E-state index in [9.17, 15) is 24.3 Å². The summed E-state index contributed by atoms with van der Waals surface area (Å²) in [5.41, 5.74) is -0.345. The first-order valence-electron chi connectivity index (χ1n) is 7.42. The molecule has 0 saturated carbocycles. The minimum absolute atomic E-state index is 0.232. The Hall–Kier alpha value is -2.82. The highest BCUT2D eigenvalue weighted by Gasteiger charge is 2.27. The molecule has 11 nitrogen and oxygen atoms in total. The van der Waals surface area contributed by atoms with Crippen LogP contribution in [0.4, 0.5) is 9.59 Å². The molecule has 1 saturated heterocycles. The molecule has 0 spiro atoms. The lowest BCUT2D eigenvalue weighted by Gasteiger charge is -2.29. The zero-order chi connectivity index (χ0) is 19.0. The molecule has 3 amide bonds. The number of hydrogen-bond donors (Lipinski definition) is 4. The maximum atomic E-state index is 11.9. The molecule has 1 aliphatic rings. The standard InChI is InChI=1S/C14H21N3O8/c1-8(12(20)24-2)15-11(19)10(7-18)16-13(21)25-9-3-5-17(6-4-9)14(22)23/h9-10,18H,1,3-7H2,2H3,(H,15,19)(H,16,21)(H,22,23). The molecular formula is C14H21N3O8. The zero-order valence-electron chi connectivity index (χ0n) is 13.7. The first kappa shape index (κ1) is 20.2. The number of nitrogens with zero attached hydrogens (tertiary/aromatic N) is 1. The number of piperidine rings is 1. The third-order valence-electron chi connectivity index (χ3n) is 3.48. The third-order valence-corrected chi connectivity index (χ3v) is 3.48. The minimum atomic E-state index is -1.35. The summed E-state index contributed by atoms with van der Waals surface area (Å²) in [6, 6.07) is -1.35. The summed E-state index contributed by atoms with van der Waals surface area (Å²) in [6.07, 6.45) is -1.82. The van der Waals surface area contributed by atoms with Gasteiger partial charge in [-0.3, -0.25) is 4.79 Å². The van der Waals surface area contributed by atoms with Crippen molar-refractivity contribution in [1.29, 1.82) is 0 Å². The van der Waals surface area contributed by atoms with Gasteiger partial charge in [0, 0.05) is 25.9 Å². The molecule has 0 radical (unpaired) electrons. The predicted molar refractivity (Wildman–Crippen MR) is 82.4 cm³/mol. The van der Waals surface area contributed by atoms with E-state index in [-0.39, 0.29) is 18.8 Å². The molecule has 0 aromatic rings. The SMILES string of the molecule is C=C(NC(=O)C(CO)NC(=O)OC1CCN(C(=O)O)CC1)C(=O)OC. The molecule has 25 heavy (non-hydrogen) atoms. The van der Waals surface area contributed by atoms with E-state index in [4.69, 9.17) is 9.84 Å². The minimum Gasteiger partial charge on any atom is -0.465 e. The second kappa shape index (κ2) is 9.47. The number of carbonyl (C=O) groups excluding carboxylic acids is 3. The van der Waals surface area contributed by atoms with Crippen LogP contribution < -0.4 is 10.6 Å². The summed E-state index contributed by atoms with van der Waals surface area (Å²) >= 11 is 0. The predicted octanol–water partition coefficient (Wildman–Crippen LogP) is -0.981. The smallest absolute Gasteiger partial charge is 0.408 e. The molecule has 1 heterocycles. The average Bonchev–Trinajstić information content (AvgIpc) is 2.59. The van der Waals surface area contributed by atoms with Crippen molar-refractivity contribution in [3.05, 3.63) is 12.3 Å². The molecule has 140 valence electrons. The molecule has 1 fully saturated rings. The van der Waals surface area contributed by atoms with E-state index in [2.05, 4.69) is 21.9 Å². The quantitative estimate of drug-likeness (QED) is 0.348. The Balaban J connectivity index is 2.45. The van der Waals surface area contributed by atoms with E-state index in [1.54, 1.807) is 0 Å². The van der Waals surface area contributed by atoms with Gasteiger partial charge >= 0.3 is 18.2 Å². The number of ether oxygens (including phenoxy) is 2. The number of methoxy groups -OCH3 is 1. The number of carboxylic acid groups (broad SMARTS) is 1. The first-order valence-corrected chi connectivity index (χ1v) is 7.42. The van der Waals surface area contributed by atoms with Crippen molar-refractivity contribution in [3.63, 3.8) is 0 Å². The number of aliphatic hydroxyl groups excluding tert-OH is 1. The van der Waals surface area contributed by atoms with Crippen LogP contribution in [-0.2, 0) is 19.1 Å². The second-order valence-corrected chi connectivity index (χ2v) is 5.21. The molecule has 1 rings (SSSR count). The molecule has 0 aromatic carbocycles. The Kier molecular flexibility index (Phi) is 7.66. The monoisotopic (exact) mass is 359 g/mol. The summed E-state index contributed by atoms with van der Waals surface area (Å²) in [7, 11) is 1.11. The number of alkyl carbamates (subject to hydrolysis) is 1. The van der Waals surface area contributed by atoms with Crippen LogP contribution >= 0.6 is 0 Å². The molecule has 0 aliphatic carbocycles. The van der Waals surface area contributed by atoms with Crippen LogP contribution in [0, 0.1) is 0 Å². The highest BCUT2D eigenvalue weighted by molar-refractivity contribution is 5.95. The maximum Gasteiger partial charge on any atom is 0.408 e. The lowest BCUT2D eigenvalue weighted by molar-refractivity contribution is -0.138. The van der Waals surface area contributed by atoms with Crippen LogP contribution in [0.2, 0.25) is 0 Å². The van der Waals surface area contributed by atoms with Crippen LogP contribution in [-0.4, -0.2) is 78.1 Å². The van der Waals surface area contributed by atoms with Crippen molar-refractivity contribution in [2.24, 2.45) is 0 Å². The number of aliphatic hydroxyl groups is 1. The highest BCUT2D eigenvalue weighted by Crippen LogP contribution is 2.13. The lowest BCUT2D eigenvalue weighted by Crippen LogP contribution is -2.50. The van der Waals surface area contributed by atoms with Gasteiger partial charge in [0.1, 0.15) is 17.8 Å². The van der Waals surface area contributed by atoms with E-state index < -0.39 is 42.8 Å². The van der Waals surface area contributed by atoms with E-state index in [0.717, 1.165) is 7.11 Å². The lowest BCUT2D eigenvalue weighted by atomic mass is 10.1. The van der Waals surface area contributed by atoms with Crippen LogP contribution in [0.15, 0.2) is 12.3 Å². The molecule has 0 bridgehead atoms. The number of hydrogen-bond acceptors (Lipinski definition) is 7. The number of nitrogens with one attached hydrogen (secondary N) is 2. The Bertz CT molecular complexity index is 542. The van der Waals surface area contributed by atoms with Crippen LogP contribution in [0.1, 0.15) is 12.8 Å². The summed E-state index contributed by atoms with van der Waals surface area (Å²) < 4.78 is 9.46. The first-order chi connectivity index (χ1) is 11.8. The van der Waals surface area contributed by atoms with E-state index in [1.807, 2.05) is 0 Å². The molecule has 1 aliphatic heterocycles. The van der Waals surface area contributed by atoms with E-state index in [1.165, 1.54) is 4.90 Å². The number of carbonyl (C=O) groups is 4. The number of amides is 3. The van der Waals surface area contributed by atoms with Crippen molar-refractivity contribution in [2.75, 3.05) is 26.8 Å². The van der Waals surface area contributed by atoms with Gasteiger partial charge < -0.3 is 35.2 Å². The maximum absolute atomic E-state index is 11.9. The molecule has 4 N–H and O–H groups in total. The van der Waals surface area contributed by atoms with Gasteiger partial charge in [0.25, 0.3) is 0 Å². The van der Waals surface area contributed by atoms with Gasteiger partial charge in [-0.25, -0.2) is 14.4 Å². The van der Waals surface area contributed by atoms with E-state index in [0.29, 0.717) is 12.8 Å². The summed E-state index contributed by atoms with van der Waals surface area (Å²) in [5, 5.41) is 22.3. The Morgan fingerprint density at radius 3 is 2.36 bits per heavy atom. The average molecular weight is 359 g/mol. The fraction of sp³-hybridized carbons (Fsp3) is 0.571. The van der Waals surface area contributed by atoms with Crippen molar-refractivity contribution in [1.82, 2.24) is 15.5 Å². The Morgan fingerprint density at radius 1 is 1.28 bits per heavy atom. The summed E-state index contributed by atoms with van der Waals surface area (Å²) in [5.74, 6) is -1.73. The number of esters is 1. The Labute approximate surface area is 143 Å². The van der Waals surface area contributed by atoms with Gasteiger partial charge in [0.05, 0.1) is 13.7 Å². The van der Waals surface area contributed by atoms with Gasteiger partial charge in [-0.1, -0.05) is 6.58 Å². The molecule has 0 aromatic heterocycles. The van der Waals surface area contributed by atoms with Gasteiger partial charge in [0.2, 0.25) is 5.91 Å². The van der Waals surface area contributed by atoms with Crippen molar-refractivity contribution >= 4 is 24.1 Å². The largest absolute Gasteiger partial charge is 0.465 e. The third kappa shape index (κ3) is 6.30. The van der Waals surface area contributed by atoms with Crippen LogP contribution in [0.3, 0.4) is 0 Å². The van der Waals surface area contributed by atoms with Crippen molar-refractivity contribution in [2.45, 2.75) is 25.0 Å². The topological polar surface area (TPSA) is 154 Å². The van der Waals surface area contributed by atoms with E-state index >= 15 is 0 Å². The van der Waals surface area contributed by atoms with Crippen molar-refractivity contribution < 1.29 is 38.9 Å². The van der Waals surface area contributed by atoms with Gasteiger partial charge in [0.15, 0.2) is 0 Å². The van der Waals surface area contributed by atoms with Gasteiger partial charge in [-0.15, -0.1) is 0 Å². The van der Waals surface area contributed by atoms with Crippen LogP contribution in [0.5, 0.6) is 0 Å². The normalized spacial score (nSPS) is 15.7. The summed E-state index contributed by atoms with van der Waals surface area (Å²) in [4.78, 5) is 46.8. The molecule has 1 unspecified atom stereocenters. The molecular weight excluding hydrogens is 338 g/mol. The highest BCUT2D eigenvalue weighted by atomic mass is 16.6. The van der Waals surface area contributed by atoms with Crippen LogP contribution in [0.25, 0.3) is 0 Å². The number of likely N-dealkylation sites (tertiary alicyclic amines) is 1. The Morgan fingerprint density at radius 2 is 1.88 bits per heavy atom. The fourth-order valence-electron chi connectivity index (χ4n) is 2.10. The summed E-state index contributed by atoms with van der Waals surface area (Å²) in [6.45, 7) is 3.03. The molecule has 11 heteroatoms. The van der Waals surface area contributed by atoms with Gasteiger partial charge in [-0.05, 0) is 0 Å². The van der Waals surface area contributed by atoms with Gasteiger partial charge in [-0.2, -0.15) is 0 Å². The number of rotatable bonds is 6. The van der Waals surface area contributed by atoms with Crippen molar-refractivity contribution in [3.8, 4) is 0 Å². The zero-order valence-corrected chi connectivity index (χ0v) is 13.7. The fourth-order valence-corrected chi connectivity index (χ4v) is 2.10. The second-order valence-electron chi connectivity index (χ2n) is 5.21. The molecule has 1 atom stereocenters.